The predicted molar refractivity (Wildman–Crippen MR) is 99.1 cm³/mol. The second kappa shape index (κ2) is 7.15. The smallest absolute Gasteiger partial charge is 0.294 e. The summed E-state index contributed by atoms with van der Waals surface area (Å²) >= 11 is 5.77. The summed E-state index contributed by atoms with van der Waals surface area (Å²) in [5, 5.41) is 16.1. The molecule has 0 unspecified atom stereocenters. The number of hydrogen-bond donors (Lipinski definition) is 1. The van der Waals surface area contributed by atoms with E-state index >= 15 is 0 Å². The Morgan fingerprint density at radius 3 is 2.56 bits per heavy atom. The fourth-order valence-electron chi connectivity index (χ4n) is 2.42. The number of halogens is 1. The minimum Gasteiger partial charge on any atom is -0.356 e. The van der Waals surface area contributed by atoms with Gasteiger partial charge in [-0.25, -0.2) is 0 Å². The Bertz CT molecular complexity index is 999. The number of nitro groups is 1. The molecule has 0 aromatic heterocycles. The molecule has 3 aromatic carbocycles. The number of anilines is 1. The van der Waals surface area contributed by atoms with E-state index in [0.717, 1.165) is 10.8 Å². The first-order valence-corrected chi connectivity index (χ1v) is 7.82. The van der Waals surface area contributed by atoms with Gasteiger partial charge in [-0.2, -0.15) is 0 Å². The molecule has 25 heavy (non-hydrogen) atoms. The fourth-order valence-corrected chi connectivity index (χ4v) is 2.59. The lowest BCUT2D eigenvalue weighted by atomic mass is 10.0. The molecule has 3 rings (SSSR count). The highest BCUT2D eigenvalue weighted by Crippen LogP contribution is 2.27. The average Bonchev–Trinajstić information content (AvgIpc) is 2.62. The van der Waals surface area contributed by atoms with Gasteiger partial charge in [-0.1, -0.05) is 48.0 Å². The van der Waals surface area contributed by atoms with Gasteiger partial charge in [-0.05, 0) is 29.0 Å². The van der Waals surface area contributed by atoms with E-state index in [-0.39, 0.29) is 22.2 Å². The second-order valence-electron chi connectivity index (χ2n) is 5.32. The number of carbonyl (C=O) groups excluding carboxylic acids is 1. The lowest BCUT2D eigenvalue weighted by Crippen LogP contribution is -1.98. The number of nitro benzene ring substituents is 1. The first-order chi connectivity index (χ1) is 12.0. The first-order valence-electron chi connectivity index (χ1n) is 7.45. The van der Waals surface area contributed by atoms with Gasteiger partial charge in [-0.3, -0.25) is 14.9 Å². The maximum Gasteiger partial charge on any atom is 0.294 e. The monoisotopic (exact) mass is 352 g/mol. The Morgan fingerprint density at radius 1 is 1.04 bits per heavy atom. The molecule has 0 saturated carbocycles. The SMILES string of the molecule is O=C(C=CNc1ccc(Cl)cc1[N+](=O)[O-])c1ccc2ccccc2c1. The molecule has 0 aliphatic carbocycles. The lowest BCUT2D eigenvalue weighted by Gasteiger charge is -2.03. The van der Waals surface area contributed by atoms with E-state index in [2.05, 4.69) is 5.32 Å². The topological polar surface area (TPSA) is 72.2 Å². The molecule has 0 saturated heterocycles. The highest BCUT2D eigenvalue weighted by molar-refractivity contribution is 6.30. The summed E-state index contributed by atoms with van der Waals surface area (Å²) in [6, 6.07) is 17.5. The van der Waals surface area contributed by atoms with Crippen LogP contribution in [0.3, 0.4) is 0 Å². The number of hydrogen-bond acceptors (Lipinski definition) is 4. The molecule has 6 heteroatoms. The third-order valence-corrected chi connectivity index (χ3v) is 3.90. The maximum atomic E-state index is 12.3. The number of ketones is 1. The quantitative estimate of drug-likeness (QED) is 0.296. The Labute approximate surface area is 148 Å². The van der Waals surface area contributed by atoms with Crippen LogP contribution < -0.4 is 5.32 Å². The fraction of sp³-hybridized carbons (Fsp3) is 0. The van der Waals surface area contributed by atoms with Crippen molar-refractivity contribution in [1.29, 1.82) is 0 Å². The van der Waals surface area contributed by atoms with Crippen LogP contribution in [0.25, 0.3) is 10.8 Å². The second-order valence-corrected chi connectivity index (χ2v) is 5.76. The maximum absolute atomic E-state index is 12.3. The summed E-state index contributed by atoms with van der Waals surface area (Å²) in [7, 11) is 0. The normalized spacial score (nSPS) is 10.9. The highest BCUT2D eigenvalue weighted by atomic mass is 35.5. The third kappa shape index (κ3) is 3.84. The van der Waals surface area contributed by atoms with Crippen LogP contribution in [0.1, 0.15) is 10.4 Å². The van der Waals surface area contributed by atoms with Crippen LogP contribution in [0.5, 0.6) is 0 Å². The summed E-state index contributed by atoms with van der Waals surface area (Å²) < 4.78 is 0. The summed E-state index contributed by atoms with van der Waals surface area (Å²) in [6.07, 6.45) is 2.72. The molecule has 1 N–H and O–H groups in total. The molecule has 0 amide bonds. The highest BCUT2D eigenvalue weighted by Gasteiger charge is 2.13. The van der Waals surface area contributed by atoms with Gasteiger partial charge < -0.3 is 5.32 Å². The number of rotatable bonds is 5. The zero-order valence-corrected chi connectivity index (χ0v) is 13.7. The van der Waals surface area contributed by atoms with Crippen LogP contribution in [0.15, 0.2) is 72.9 Å². The zero-order chi connectivity index (χ0) is 17.8. The van der Waals surface area contributed by atoms with Crippen LogP contribution in [0, 0.1) is 10.1 Å². The number of nitrogens with one attached hydrogen (secondary N) is 1. The van der Waals surface area contributed by atoms with E-state index in [4.69, 9.17) is 11.6 Å². The van der Waals surface area contributed by atoms with E-state index in [9.17, 15) is 14.9 Å². The molecule has 5 nitrogen and oxygen atoms in total. The number of benzene rings is 3. The minimum atomic E-state index is -0.535. The molecular formula is C19H13ClN2O3. The van der Waals surface area contributed by atoms with E-state index in [0.29, 0.717) is 5.56 Å². The molecule has 0 aliphatic rings. The van der Waals surface area contributed by atoms with E-state index in [1.54, 1.807) is 6.07 Å². The van der Waals surface area contributed by atoms with Crippen molar-refractivity contribution < 1.29 is 9.72 Å². The van der Waals surface area contributed by atoms with Crippen molar-refractivity contribution in [3.63, 3.8) is 0 Å². The van der Waals surface area contributed by atoms with Crippen LogP contribution >= 0.6 is 11.6 Å². The number of fused-ring (bicyclic) bond motifs is 1. The number of allylic oxidation sites excluding steroid dienone is 1. The molecule has 124 valence electrons. The average molecular weight is 353 g/mol. The van der Waals surface area contributed by atoms with Crippen molar-refractivity contribution >= 4 is 39.5 Å². The third-order valence-electron chi connectivity index (χ3n) is 3.66. The lowest BCUT2D eigenvalue weighted by molar-refractivity contribution is -0.383. The van der Waals surface area contributed by atoms with Crippen LogP contribution in [0.4, 0.5) is 11.4 Å². The molecule has 0 aliphatic heterocycles. The Hall–Kier alpha value is -3.18. The summed E-state index contributed by atoms with van der Waals surface area (Å²) in [6.45, 7) is 0. The Morgan fingerprint density at radius 2 is 1.80 bits per heavy atom. The predicted octanol–water partition coefficient (Wildman–Crippen LogP) is 5.21. The van der Waals surface area contributed by atoms with Gasteiger partial charge in [0, 0.05) is 28.9 Å². The van der Waals surface area contributed by atoms with Crippen molar-refractivity contribution in [2.24, 2.45) is 0 Å². The first kappa shape index (κ1) is 16.7. The van der Waals surface area contributed by atoms with Crippen molar-refractivity contribution in [2.45, 2.75) is 0 Å². The van der Waals surface area contributed by atoms with Gasteiger partial charge in [-0.15, -0.1) is 0 Å². The molecule has 0 radical (unpaired) electrons. The molecule has 3 aromatic rings. The van der Waals surface area contributed by atoms with Gasteiger partial charge in [0.1, 0.15) is 5.69 Å². The molecule has 0 atom stereocenters. The van der Waals surface area contributed by atoms with Gasteiger partial charge >= 0.3 is 0 Å². The zero-order valence-electron chi connectivity index (χ0n) is 13.0. The van der Waals surface area contributed by atoms with Gasteiger partial charge in [0.15, 0.2) is 5.78 Å². The Balaban J connectivity index is 1.77. The van der Waals surface area contributed by atoms with E-state index < -0.39 is 4.92 Å². The van der Waals surface area contributed by atoms with Crippen LogP contribution in [0.2, 0.25) is 5.02 Å². The standard InChI is InChI=1S/C19H13ClN2O3/c20-16-7-8-17(18(12-16)22(24)25)21-10-9-19(23)15-6-5-13-3-1-2-4-14(13)11-15/h1-12,21H. The van der Waals surface area contributed by atoms with Gasteiger partial charge in [0.05, 0.1) is 4.92 Å². The molecule has 0 fully saturated rings. The van der Waals surface area contributed by atoms with E-state index in [1.807, 2.05) is 36.4 Å². The van der Waals surface area contributed by atoms with Crippen molar-refractivity contribution in [3.8, 4) is 0 Å². The molecule has 0 heterocycles. The van der Waals surface area contributed by atoms with Crippen LogP contribution in [-0.4, -0.2) is 10.7 Å². The van der Waals surface area contributed by atoms with Crippen molar-refractivity contribution in [1.82, 2.24) is 0 Å². The molecule has 0 spiro atoms. The van der Waals surface area contributed by atoms with Crippen molar-refractivity contribution in [3.05, 3.63) is 93.6 Å². The molecular weight excluding hydrogens is 340 g/mol. The molecule has 0 bridgehead atoms. The summed E-state index contributed by atoms with van der Waals surface area (Å²) in [4.78, 5) is 22.8. The van der Waals surface area contributed by atoms with Gasteiger partial charge in [0.2, 0.25) is 0 Å². The van der Waals surface area contributed by atoms with Crippen molar-refractivity contribution in [2.75, 3.05) is 5.32 Å². The number of carbonyl (C=O) groups is 1. The van der Waals surface area contributed by atoms with E-state index in [1.165, 1.54) is 30.5 Å². The number of nitrogens with zero attached hydrogens (tertiary/aromatic N) is 1. The largest absolute Gasteiger partial charge is 0.356 e. The Kier molecular flexibility index (Phi) is 4.77. The van der Waals surface area contributed by atoms with Crippen LogP contribution in [-0.2, 0) is 0 Å². The summed E-state index contributed by atoms with van der Waals surface area (Å²) in [5.74, 6) is -0.199. The summed E-state index contributed by atoms with van der Waals surface area (Å²) in [5.41, 5.74) is 0.648. The van der Waals surface area contributed by atoms with Gasteiger partial charge in [0.25, 0.3) is 5.69 Å². The minimum absolute atomic E-state index is 0.157.